The molecule has 1 N–H and O–H groups in total. The Morgan fingerprint density at radius 2 is 2.00 bits per heavy atom. The predicted molar refractivity (Wildman–Crippen MR) is 81.8 cm³/mol. The number of amides is 2. The molecule has 2 amide bonds. The van der Waals surface area contributed by atoms with E-state index in [9.17, 15) is 9.59 Å². The minimum Gasteiger partial charge on any atom is -0.323 e. The van der Waals surface area contributed by atoms with Gasteiger partial charge in [-0.1, -0.05) is 23.7 Å². The smallest absolute Gasteiger partial charge is 0.321 e. The van der Waals surface area contributed by atoms with Gasteiger partial charge in [-0.3, -0.25) is 4.79 Å². The molecule has 0 spiro atoms. The first kappa shape index (κ1) is 13.6. The fourth-order valence-corrected chi connectivity index (χ4v) is 2.55. The van der Waals surface area contributed by atoms with Crippen LogP contribution in [0.5, 0.6) is 0 Å². The number of anilines is 1. The summed E-state index contributed by atoms with van der Waals surface area (Å²) in [5.41, 5.74) is 2.70. The number of nitrogens with zero attached hydrogens (tertiary/aromatic N) is 1. The number of rotatable bonds is 2. The summed E-state index contributed by atoms with van der Waals surface area (Å²) < 4.78 is 0. The van der Waals surface area contributed by atoms with Crippen molar-refractivity contribution in [2.75, 3.05) is 12.4 Å². The molecule has 0 radical (unpaired) electrons. The molecule has 1 aliphatic rings. The van der Waals surface area contributed by atoms with Crippen LogP contribution in [0.1, 0.15) is 21.5 Å². The van der Waals surface area contributed by atoms with Gasteiger partial charge < -0.3 is 10.2 Å². The van der Waals surface area contributed by atoms with Crippen LogP contribution in [0, 0.1) is 0 Å². The number of carbonyl (C=O) groups is 2. The van der Waals surface area contributed by atoms with Crippen molar-refractivity contribution in [1.29, 1.82) is 0 Å². The second kappa shape index (κ2) is 5.22. The van der Waals surface area contributed by atoms with E-state index in [-0.39, 0.29) is 11.8 Å². The van der Waals surface area contributed by atoms with E-state index < -0.39 is 0 Å². The molecule has 2 aromatic carbocycles. The van der Waals surface area contributed by atoms with E-state index in [4.69, 9.17) is 11.6 Å². The number of ketones is 1. The molecule has 0 fully saturated rings. The van der Waals surface area contributed by atoms with Crippen molar-refractivity contribution in [2.45, 2.75) is 6.54 Å². The van der Waals surface area contributed by atoms with Crippen LogP contribution >= 0.6 is 11.6 Å². The standard InChI is InChI=1S/C16H13ClN2O2/c1-19-9-11-8-10(6-7-14(11)18-16(19)21)15(20)12-4-2-3-5-13(12)17/h2-8H,9H2,1H3,(H,18,21). The van der Waals surface area contributed by atoms with Crippen molar-refractivity contribution in [3.05, 3.63) is 64.2 Å². The zero-order valence-corrected chi connectivity index (χ0v) is 12.1. The van der Waals surface area contributed by atoms with Crippen molar-refractivity contribution in [3.8, 4) is 0 Å². The van der Waals surface area contributed by atoms with Gasteiger partial charge in [0.15, 0.2) is 5.78 Å². The highest BCUT2D eigenvalue weighted by Gasteiger charge is 2.21. The highest BCUT2D eigenvalue weighted by molar-refractivity contribution is 6.35. The van der Waals surface area contributed by atoms with Crippen LogP contribution < -0.4 is 5.32 Å². The summed E-state index contributed by atoms with van der Waals surface area (Å²) in [7, 11) is 1.71. The molecule has 0 unspecified atom stereocenters. The van der Waals surface area contributed by atoms with Crippen LogP contribution in [0.2, 0.25) is 5.02 Å². The summed E-state index contributed by atoms with van der Waals surface area (Å²) in [5.74, 6) is -0.122. The Kier molecular flexibility index (Phi) is 3.39. The molecular weight excluding hydrogens is 288 g/mol. The van der Waals surface area contributed by atoms with Crippen LogP contribution in [0.4, 0.5) is 10.5 Å². The lowest BCUT2D eigenvalue weighted by Crippen LogP contribution is -2.35. The number of nitrogens with one attached hydrogen (secondary N) is 1. The maximum atomic E-state index is 12.5. The summed E-state index contributed by atoms with van der Waals surface area (Å²) in [6, 6.07) is 12.1. The summed E-state index contributed by atoms with van der Waals surface area (Å²) in [6.45, 7) is 0.477. The van der Waals surface area contributed by atoms with Crippen molar-refractivity contribution in [1.82, 2.24) is 4.90 Å². The van der Waals surface area contributed by atoms with E-state index in [1.165, 1.54) is 0 Å². The van der Waals surface area contributed by atoms with Gasteiger partial charge in [0.1, 0.15) is 0 Å². The third kappa shape index (κ3) is 2.50. The van der Waals surface area contributed by atoms with Gasteiger partial charge in [0.2, 0.25) is 0 Å². The summed E-state index contributed by atoms with van der Waals surface area (Å²) in [4.78, 5) is 25.6. The van der Waals surface area contributed by atoms with Gasteiger partial charge >= 0.3 is 6.03 Å². The number of carbonyl (C=O) groups excluding carboxylic acids is 2. The lowest BCUT2D eigenvalue weighted by molar-refractivity contribution is 0.103. The Hall–Kier alpha value is -2.33. The number of benzene rings is 2. The average molecular weight is 301 g/mol. The zero-order chi connectivity index (χ0) is 15.0. The predicted octanol–water partition coefficient (Wildman–Crippen LogP) is 3.55. The maximum Gasteiger partial charge on any atom is 0.321 e. The Bertz CT molecular complexity index is 743. The molecule has 0 saturated carbocycles. The molecule has 0 aromatic heterocycles. The van der Waals surface area contributed by atoms with Crippen LogP contribution in [-0.2, 0) is 6.54 Å². The second-order valence-electron chi connectivity index (χ2n) is 4.97. The van der Waals surface area contributed by atoms with Gasteiger partial charge in [0.05, 0.1) is 5.02 Å². The van der Waals surface area contributed by atoms with Gasteiger partial charge in [0, 0.05) is 30.4 Å². The quantitative estimate of drug-likeness (QED) is 0.862. The monoisotopic (exact) mass is 300 g/mol. The van der Waals surface area contributed by atoms with E-state index >= 15 is 0 Å². The van der Waals surface area contributed by atoms with Crippen LogP contribution in [0.25, 0.3) is 0 Å². The third-order valence-electron chi connectivity index (χ3n) is 3.48. The number of hydrogen-bond acceptors (Lipinski definition) is 2. The Morgan fingerprint density at radius 1 is 1.24 bits per heavy atom. The average Bonchev–Trinajstić information content (AvgIpc) is 2.48. The first-order chi connectivity index (χ1) is 10.1. The summed E-state index contributed by atoms with van der Waals surface area (Å²) in [6.07, 6.45) is 0. The van der Waals surface area contributed by atoms with E-state index in [1.807, 2.05) is 0 Å². The highest BCUT2D eigenvalue weighted by Crippen LogP contribution is 2.26. The van der Waals surface area contributed by atoms with Crippen molar-refractivity contribution >= 4 is 29.1 Å². The van der Waals surface area contributed by atoms with E-state index in [2.05, 4.69) is 5.32 Å². The molecule has 5 heteroatoms. The molecule has 4 nitrogen and oxygen atoms in total. The van der Waals surface area contributed by atoms with Gasteiger partial charge in [-0.2, -0.15) is 0 Å². The minimum absolute atomic E-state index is 0.122. The van der Waals surface area contributed by atoms with Crippen LogP contribution in [-0.4, -0.2) is 23.8 Å². The Balaban J connectivity index is 1.98. The maximum absolute atomic E-state index is 12.5. The second-order valence-corrected chi connectivity index (χ2v) is 5.37. The molecule has 3 rings (SSSR count). The molecule has 2 aromatic rings. The normalized spacial score (nSPS) is 13.6. The van der Waals surface area contributed by atoms with Crippen molar-refractivity contribution < 1.29 is 9.59 Å². The lowest BCUT2D eigenvalue weighted by atomic mass is 9.99. The SMILES string of the molecule is CN1Cc2cc(C(=O)c3ccccc3Cl)ccc2NC1=O. The van der Waals surface area contributed by atoms with E-state index in [0.29, 0.717) is 22.7 Å². The van der Waals surface area contributed by atoms with Crippen LogP contribution in [0.3, 0.4) is 0 Å². The van der Waals surface area contributed by atoms with Crippen molar-refractivity contribution in [2.24, 2.45) is 0 Å². The van der Waals surface area contributed by atoms with Gasteiger partial charge in [-0.05, 0) is 35.9 Å². The van der Waals surface area contributed by atoms with Gasteiger partial charge in [0.25, 0.3) is 0 Å². The molecule has 0 atom stereocenters. The summed E-state index contributed by atoms with van der Waals surface area (Å²) >= 11 is 6.07. The van der Waals surface area contributed by atoms with Crippen LogP contribution in [0.15, 0.2) is 42.5 Å². The van der Waals surface area contributed by atoms with Crippen molar-refractivity contribution in [3.63, 3.8) is 0 Å². The number of halogens is 1. The van der Waals surface area contributed by atoms with E-state index in [0.717, 1.165) is 11.3 Å². The Morgan fingerprint density at radius 3 is 2.76 bits per heavy atom. The molecule has 1 aliphatic heterocycles. The van der Waals surface area contributed by atoms with Gasteiger partial charge in [-0.25, -0.2) is 4.79 Å². The largest absolute Gasteiger partial charge is 0.323 e. The summed E-state index contributed by atoms with van der Waals surface area (Å²) in [5, 5.41) is 3.21. The molecule has 106 valence electrons. The number of urea groups is 1. The fraction of sp³-hybridized carbons (Fsp3) is 0.125. The lowest BCUT2D eigenvalue weighted by Gasteiger charge is -2.26. The number of hydrogen-bond donors (Lipinski definition) is 1. The topological polar surface area (TPSA) is 49.4 Å². The van der Waals surface area contributed by atoms with E-state index in [1.54, 1.807) is 54.4 Å². The molecular formula is C16H13ClN2O2. The third-order valence-corrected chi connectivity index (χ3v) is 3.81. The fourth-order valence-electron chi connectivity index (χ4n) is 2.33. The first-order valence-electron chi connectivity index (χ1n) is 6.50. The molecule has 0 saturated heterocycles. The molecule has 0 aliphatic carbocycles. The minimum atomic E-state index is -0.146. The highest BCUT2D eigenvalue weighted by atomic mass is 35.5. The molecule has 1 heterocycles. The Labute approximate surface area is 127 Å². The van der Waals surface area contributed by atoms with Gasteiger partial charge in [-0.15, -0.1) is 0 Å². The molecule has 21 heavy (non-hydrogen) atoms. The first-order valence-corrected chi connectivity index (χ1v) is 6.88. The molecule has 0 bridgehead atoms. The number of fused-ring (bicyclic) bond motifs is 1. The zero-order valence-electron chi connectivity index (χ0n) is 11.4.